The van der Waals surface area contributed by atoms with E-state index in [4.69, 9.17) is 15.2 Å². The van der Waals surface area contributed by atoms with Gasteiger partial charge < -0.3 is 20.5 Å². The summed E-state index contributed by atoms with van der Waals surface area (Å²) < 4.78 is 11.2. The van der Waals surface area contributed by atoms with Crippen LogP contribution >= 0.6 is 0 Å². The van der Waals surface area contributed by atoms with Gasteiger partial charge in [0.25, 0.3) is 0 Å². The maximum absolute atomic E-state index is 11.2. The summed E-state index contributed by atoms with van der Waals surface area (Å²) in [6.45, 7) is 1.71. The molecule has 1 aliphatic rings. The number of nitrogens with two attached hydrogens (primary N) is 1. The molecular formula is C16H16N2O3. The van der Waals surface area contributed by atoms with Crippen molar-refractivity contribution < 1.29 is 14.3 Å². The maximum Gasteiger partial charge on any atom is 0.248 e. The highest BCUT2D eigenvalue weighted by atomic mass is 16.6. The molecule has 1 aliphatic heterocycles. The van der Waals surface area contributed by atoms with Crippen LogP contribution in [0.3, 0.4) is 0 Å². The standard InChI is InChI=1S/C16H16N2O3/c17-16(19)11-3-1-5-13(9-11)18-10-12-4-2-6-14-15(12)21-8-7-20-14/h1-6,9,18H,7-8,10H2,(H2,17,19). The van der Waals surface area contributed by atoms with Gasteiger partial charge in [-0.15, -0.1) is 0 Å². The van der Waals surface area contributed by atoms with E-state index in [0.29, 0.717) is 25.3 Å². The summed E-state index contributed by atoms with van der Waals surface area (Å²) in [7, 11) is 0. The largest absolute Gasteiger partial charge is 0.486 e. The quantitative estimate of drug-likeness (QED) is 0.902. The molecular weight excluding hydrogens is 268 g/mol. The molecule has 0 unspecified atom stereocenters. The Morgan fingerprint density at radius 2 is 1.95 bits per heavy atom. The zero-order valence-electron chi connectivity index (χ0n) is 11.5. The molecule has 0 saturated heterocycles. The average molecular weight is 284 g/mol. The van der Waals surface area contributed by atoms with Crippen LogP contribution in [0.5, 0.6) is 11.5 Å². The van der Waals surface area contributed by atoms with E-state index in [2.05, 4.69) is 5.32 Å². The van der Waals surface area contributed by atoms with Crippen molar-refractivity contribution in [2.24, 2.45) is 5.73 Å². The number of primary amides is 1. The lowest BCUT2D eigenvalue weighted by Gasteiger charge is -2.21. The van der Waals surface area contributed by atoms with Crippen LogP contribution in [0.4, 0.5) is 5.69 Å². The number of benzene rings is 2. The molecule has 0 radical (unpaired) electrons. The SMILES string of the molecule is NC(=O)c1cccc(NCc2cccc3c2OCCO3)c1. The van der Waals surface area contributed by atoms with Crippen LogP contribution in [0.15, 0.2) is 42.5 Å². The van der Waals surface area contributed by atoms with E-state index in [-0.39, 0.29) is 0 Å². The molecule has 0 fully saturated rings. The third kappa shape index (κ3) is 2.91. The molecule has 1 amide bonds. The number of hydrogen-bond donors (Lipinski definition) is 2. The fourth-order valence-corrected chi connectivity index (χ4v) is 2.25. The Balaban J connectivity index is 1.76. The fourth-order valence-electron chi connectivity index (χ4n) is 2.25. The van der Waals surface area contributed by atoms with E-state index in [1.54, 1.807) is 18.2 Å². The number of rotatable bonds is 4. The Morgan fingerprint density at radius 3 is 2.81 bits per heavy atom. The molecule has 108 valence electrons. The summed E-state index contributed by atoms with van der Waals surface area (Å²) in [6.07, 6.45) is 0. The van der Waals surface area contributed by atoms with Crippen molar-refractivity contribution >= 4 is 11.6 Å². The van der Waals surface area contributed by atoms with Gasteiger partial charge in [-0.2, -0.15) is 0 Å². The molecule has 1 heterocycles. The first kappa shape index (κ1) is 13.3. The van der Waals surface area contributed by atoms with Gasteiger partial charge in [0.1, 0.15) is 13.2 Å². The van der Waals surface area contributed by atoms with Crippen LogP contribution in [0.25, 0.3) is 0 Å². The van der Waals surface area contributed by atoms with Crippen molar-refractivity contribution in [2.45, 2.75) is 6.54 Å². The number of carbonyl (C=O) groups is 1. The van der Waals surface area contributed by atoms with Crippen LogP contribution in [-0.4, -0.2) is 19.1 Å². The topological polar surface area (TPSA) is 73.6 Å². The van der Waals surface area contributed by atoms with Crippen LogP contribution in [0, 0.1) is 0 Å². The van der Waals surface area contributed by atoms with E-state index < -0.39 is 5.91 Å². The number of carbonyl (C=O) groups excluding carboxylic acids is 1. The molecule has 3 N–H and O–H groups in total. The highest BCUT2D eigenvalue weighted by molar-refractivity contribution is 5.93. The maximum atomic E-state index is 11.2. The van der Waals surface area contributed by atoms with E-state index in [9.17, 15) is 4.79 Å². The highest BCUT2D eigenvalue weighted by Gasteiger charge is 2.15. The van der Waals surface area contributed by atoms with Crippen molar-refractivity contribution in [3.63, 3.8) is 0 Å². The Labute approximate surface area is 122 Å². The Hall–Kier alpha value is -2.69. The number of fused-ring (bicyclic) bond motifs is 1. The molecule has 2 aromatic rings. The third-order valence-electron chi connectivity index (χ3n) is 3.28. The predicted molar refractivity (Wildman–Crippen MR) is 79.7 cm³/mol. The average Bonchev–Trinajstić information content (AvgIpc) is 2.53. The molecule has 0 spiro atoms. The Bertz CT molecular complexity index is 670. The van der Waals surface area contributed by atoms with Gasteiger partial charge in [0.2, 0.25) is 5.91 Å². The second kappa shape index (κ2) is 5.75. The summed E-state index contributed by atoms with van der Waals surface area (Å²) in [6, 6.07) is 12.9. The smallest absolute Gasteiger partial charge is 0.248 e. The van der Waals surface area contributed by atoms with Crippen molar-refractivity contribution in [3.05, 3.63) is 53.6 Å². The molecule has 21 heavy (non-hydrogen) atoms. The highest BCUT2D eigenvalue weighted by Crippen LogP contribution is 2.33. The van der Waals surface area contributed by atoms with Crippen LogP contribution in [-0.2, 0) is 6.54 Å². The molecule has 0 saturated carbocycles. The fraction of sp³-hybridized carbons (Fsp3) is 0.188. The summed E-state index contributed by atoms with van der Waals surface area (Å²) in [5.41, 5.74) is 7.60. The summed E-state index contributed by atoms with van der Waals surface area (Å²) in [5, 5.41) is 3.26. The third-order valence-corrected chi connectivity index (χ3v) is 3.28. The summed E-state index contributed by atoms with van der Waals surface area (Å²) in [4.78, 5) is 11.2. The van der Waals surface area contributed by atoms with Crippen molar-refractivity contribution in [1.82, 2.24) is 0 Å². The molecule has 0 atom stereocenters. The lowest BCUT2D eigenvalue weighted by Crippen LogP contribution is -2.17. The monoisotopic (exact) mass is 284 g/mol. The van der Waals surface area contributed by atoms with Gasteiger partial charge in [-0.25, -0.2) is 0 Å². The first-order valence-electron chi connectivity index (χ1n) is 6.75. The van der Waals surface area contributed by atoms with Gasteiger partial charge >= 0.3 is 0 Å². The first-order chi connectivity index (χ1) is 10.2. The number of nitrogens with one attached hydrogen (secondary N) is 1. The van der Waals surface area contributed by atoms with Gasteiger partial charge in [0.15, 0.2) is 11.5 Å². The molecule has 5 nitrogen and oxygen atoms in total. The number of amides is 1. The van der Waals surface area contributed by atoms with Crippen LogP contribution in [0.1, 0.15) is 15.9 Å². The zero-order valence-corrected chi connectivity index (χ0v) is 11.5. The van der Waals surface area contributed by atoms with E-state index in [1.165, 1.54) is 0 Å². The van der Waals surface area contributed by atoms with Gasteiger partial charge in [0.05, 0.1) is 0 Å². The van der Waals surface area contributed by atoms with E-state index in [0.717, 1.165) is 22.7 Å². The minimum absolute atomic E-state index is 0.438. The number of hydrogen-bond acceptors (Lipinski definition) is 4. The Kier molecular flexibility index (Phi) is 3.64. The molecule has 0 aliphatic carbocycles. The zero-order chi connectivity index (χ0) is 14.7. The predicted octanol–water partition coefficient (Wildman–Crippen LogP) is 2.17. The van der Waals surface area contributed by atoms with Crippen molar-refractivity contribution in [2.75, 3.05) is 18.5 Å². The normalized spacial score (nSPS) is 12.8. The number of para-hydroxylation sites is 1. The minimum atomic E-state index is -0.438. The lowest BCUT2D eigenvalue weighted by molar-refractivity contribution is 0.100. The van der Waals surface area contributed by atoms with Crippen molar-refractivity contribution in [1.29, 1.82) is 0 Å². The van der Waals surface area contributed by atoms with Gasteiger partial charge in [-0.05, 0) is 24.3 Å². The number of anilines is 1. The lowest BCUT2D eigenvalue weighted by atomic mass is 10.1. The molecule has 5 heteroatoms. The molecule has 0 aromatic heterocycles. The van der Waals surface area contributed by atoms with Crippen LogP contribution in [0.2, 0.25) is 0 Å². The second-order valence-corrected chi connectivity index (χ2v) is 4.74. The first-order valence-corrected chi connectivity index (χ1v) is 6.75. The summed E-state index contributed by atoms with van der Waals surface area (Å²) in [5.74, 6) is 1.11. The van der Waals surface area contributed by atoms with Gasteiger partial charge in [0, 0.05) is 23.4 Å². The molecule has 3 rings (SSSR count). The second-order valence-electron chi connectivity index (χ2n) is 4.74. The van der Waals surface area contributed by atoms with Crippen LogP contribution < -0.4 is 20.5 Å². The van der Waals surface area contributed by atoms with Gasteiger partial charge in [-0.1, -0.05) is 18.2 Å². The van der Waals surface area contributed by atoms with Crippen molar-refractivity contribution in [3.8, 4) is 11.5 Å². The summed E-state index contributed by atoms with van der Waals surface area (Å²) >= 11 is 0. The van der Waals surface area contributed by atoms with Gasteiger partial charge in [-0.3, -0.25) is 4.79 Å². The van der Waals surface area contributed by atoms with E-state index >= 15 is 0 Å². The Morgan fingerprint density at radius 1 is 1.14 bits per heavy atom. The molecule has 0 bridgehead atoms. The minimum Gasteiger partial charge on any atom is -0.486 e. The molecule has 2 aromatic carbocycles. The van der Waals surface area contributed by atoms with E-state index in [1.807, 2.05) is 24.3 Å². The number of ether oxygens (including phenoxy) is 2.